The van der Waals surface area contributed by atoms with Crippen LogP contribution in [0.4, 0.5) is 0 Å². The van der Waals surface area contributed by atoms with Gasteiger partial charge in [0.25, 0.3) is 0 Å². The molecule has 1 aromatic rings. The van der Waals surface area contributed by atoms with Crippen LogP contribution in [0.2, 0.25) is 0 Å². The van der Waals surface area contributed by atoms with Crippen molar-refractivity contribution in [3.8, 4) is 17.2 Å². The Balaban J connectivity index is 2.12. The van der Waals surface area contributed by atoms with Gasteiger partial charge in [-0.15, -0.1) is 0 Å². The van der Waals surface area contributed by atoms with Gasteiger partial charge in [-0.3, -0.25) is 0 Å². The molecule has 0 saturated carbocycles. The molecule has 1 N–H and O–H groups in total. The van der Waals surface area contributed by atoms with Crippen molar-refractivity contribution < 1.29 is 19.3 Å². The second-order valence-corrected chi connectivity index (χ2v) is 2.59. The third kappa shape index (κ3) is 1.67. The number of ether oxygens (including phenoxy) is 3. The molecular weight excluding hydrogens is 172 g/mol. The Morgan fingerprint density at radius 3 is 3.00 bits per heavy atom. The van der Waals surface area contributed by atoms with Gasteiger partial charge in [0, 0.05) is 6.07 Å². The van der Waals surface area contributed by atoms with Crippen LogP contribution in [0, 0.1) is 0 Å². The molecule has 0 atom stereocenters. The normalized spacial score (nSPS) is 13.0. The van der Waals surface area contributed by atoms with E-state index in [0.717, 1.165) is 5.75 Å². The number of fused-ring (bicyclic) bond motifs is 1. The Kier molecular flexibility index (Phi) is 2.23. The van der Waals surface area contributed by atoms with Gasteiger partial charge in [-0.25, -0.2) is 0 Å². The Labute approximate surface area is 75.7 Å². The molecule has 0 unspecified atom stereocenters. The smallest absolute Gasteiger partial charge is 0.231 e. The minimum Gasteiger partial charge on any atom is -0.491 e. The lowest BCUT2D eigenvalue weighted by molar-refractivity contribution is 0.173. The number of aliphatic hydroxyl groups is 1. The Morgan fingerprint density at radius 2 is 2.15 bits per heavy atom. The quantitative estimate of drug-likeness (QED) is 0.750. The lowest BCUT2D eigenvalue weighted by atomic mass is 10.3. The van der Waals surface area contributed by atoms with Gasteiger partial charge < -0.3 is 19.3 Å². The maximum Gasteiger partial charge on any atom is 0.231 e. The minimum atomic E-state index is 0.00837. The summed E-state index contributed by atoms with van der Waals surface area (Å²) < 4.78 is 15.5. The highest BCUT2D eigenvalue weighted by Gasteiger charge is 2.13. The van der Waals surface area contributed by atoms with E-state index in [0.29, 0.717) is 18.1 Å². The highest BCUT2D eigenvalue weighted by atomic mass is 16.7. The minimum absolute atomic E-state index is 0.00837. The van der Waals surface area contributed by atoms with Crippen LogP contribution >= 0.6 is 0 Å². The average Bonchev–Trinajstić information content (AvgIpc) is 2.61. The molecular formula is C9H10O4. The second-order valence-electron chi connectivity index (χ2n) is 2.59. The van der Waals surface area contributed by atoms with Crippen LogP contribution in [-0.2, 0) is 0 Å². The molecule has 0 bridgehead atoms. The lowest BCUT2D eigenvalue weighted by Crippen LogP contribution is -2.01. The molecule has 0 aromatic heterocycles. The number of aliphatic hydroxyl groups excluding tert-OH is 1. The molecule has 2 rings (SSSR count). The molecule has 0 aliphatic carbocycles. The molecule has 0 saturated heterocycles. The van der Waals surface area contributed by atoms with Gasteiger partial charge in [-0.05, 0) is 12.1 Å². The molecule has 4 heteroatoms. The van der Waals surface area contributed by atoms with E-state index in [-0.39, 0.29) is 13.4 Å². The summed E-state index contributed by atoms with van der Waals surface area (Å²) in [6.45, 7) is 0.562. The second kappa shape index (κ2) is 3.53. The fourth-order valence-electron chi connectivity index (χ4n) is 1.13. The zero-order chi connectivity index (χ0) is 9.10. The van der Waals surface area contributed by atoms with E-state index >= 15 is 0 Å². The zero-order valence-corrected chi connectivity index (χ0v) is 7.03. The van der Waals surface area contributed by atoms with Gasteiger partial charge in [0.05, 0.1) is 6.61 Å². The highest BCUT2D eigenvalue weighted by Crippen LogP contribution is 2.34. The van der Waals surface area contributed by atoms with Gasteiger partial charge in [0.2, 0.25) is 6.79 Å². The van der Waals surface area contributed by atoms with Gasteiger partial charge in [-0.2, -0.15) is 0 Å². The SMILES string of the molecule is OCCOc1ccc2c(c1)OCO2. The maximum atomic E-state index is 8.54. The van der Waals surface area contributed by atoms with Crippen molar-refractivity contribution in [1.82, 2.24) is 0 Å². The van der Waals surface area contributed by atoms with Crippen molar-refractivity contribution in [2.75, 3.05) is 20.0 Å². The first-order valence-corrected chi connectivity index (χ1v) is 4.03. The van der Waals surface area contributed by atoms with E-state index in [1.807, 2.05) is 0 Å². The number of benzene rings is 1. The Bertz CT molecular complexity index is 298. The molecule has 1 aromatic carbocycles. The maximum absolute atomic E-state index is 8.54. The van der Waals surface area contributed by atoms with Crippen LogP contribution in [0.15, 0.2) is 18.2 Å². The van der Waals surface area contributed by atoms with Crippen LogP contribution in [0.3, 0.4) is 0 Å². The third-order valence-corrected chi connectivity index (χ3v) is 1.70. The fraction of sp³-hybridized carbons (Fsp3) is 0.333. The van der Waals surface area contributed by atoms with E-state index < -0.39 is 0 Å². The van der Waals surface area contributed by atoms with Crippen molar-refractivity contribution >= 4 is 0 Å². The van der Waals surface area contributed by atoms with Crippen LogP contribution in [-0.4, -0.2) is 25.1 Å². The topological polar surface area (TPSA) is 47.9 Å². The predicted molar refractivity (Wildman–Crippen MR) is 45.1 cm³/mol. The largest absolute Gasteiger partial charge is 0.491 e. The molecule has 0 radical (unpaired) electrons. The molecule has 1 aliphatic rings. The van der Waals surface area contributed by atoms with Crippen molar-refractivity contribution in [2.45, 2.75) is 0 Å². The first-order valence-electron chi connectivity index (χ1n) is 4.03. The van der Waals surface area contributed by atoms with Gasteiger partial charge >= 0.3 is 0 Å². The van der Waals surface area contributed by atoms with Crippen LogP contribution in [0.25, 0.3) is 0 Å². The van der Waals surface area contributed by atoms with E-state index in [9.17, 15) is 0 Å². The highest BCUT2D eigenvalue weighted by molar-refractivity contribution is 5.46. The molecule has 1 heterocycles. The van der Waals surface area contributed by atoms with E-state index in [1.165, 1.54) is 0 Å². The third-order valence-electron chi connectivity index (χ3n) is 1.70. The van der Waals surface area contributed by atoms with Gasteiger partial charge in [0.1, 0.15) is 12.4 Å². The summed E-state index contributed by atoms with van der Waals surface area (Å²) in [6, 6.07) is 5.32. The van der Waals surface area contributed by atoms with Crippen molar-refractivity contribution in [1.29, 1.82) is 0 Å². The van der Waals surface area contributed by atoms with E-state index in [2.05, 4.69) is 0 Å². The summed E-state index contributed by atoms with van der Waals surface area (Å²) in [7, 11) is 0. The molecule has 70 valence electrons. The predicted octanol–water partition coefficient (Wildman–Crippen LogP) is 0.786. The van der Waals surface area contributed by atoms with E-state index in [4.69, 9.17) is 19.3 Å². The summed E-state index contributed by atoms with van der Waals surface area (Å²) >= 11 is 0. The standard InChI is InChI=1S/C9H10O4/c10-3-4-11-7-1-2-8-9(5-7)13-6-12-8/h1-2,5,10H,3-4,6H2. The number of hydrogen-bond donors (Lipinski definition) is 1. The molecule has 0 fully saturated rings. The fourth-order valence-corrected chi connectivity index (χ4v) is 1.13. The summed E-state index contributed by atoms with van der Waals surface area (Å²) in [5, 5.41) is 8.54. The van der Waals surface area contributed by atoms with Crippen LogP contribution in [0.5, 0.6) is 17.2 Å². The molecule has 0 amide bonds. The summed E-state index contributed by atoms with van der Waals surface area (Å²) in [4.78, 5) is 0. The van der Waals surface area contributed by atoms with Gasteiger partial charge in [0.15, 0.2) is 11.5 Å². The number of hydrogen-bond acceptors (Lipinski definition) is 4. The van der Waals surface area contributed by atoms with Gasteiger partial charge in [-0.1, -0.05) is 0 Å². The Hall–Kier alpha value is -1.42. The summed E-state index contributed by atoms with van der Waals surface area (Å²) in [5.74, 6) is 2.10. The van der Waals surface area contributed by atoms with Crippen molar-refractivity contribution in [3.05, 3.63) is 18.2 Å². The average molecular weight is 182 g/mol. The van der Waals surface area contributed by atoms with E-state index in [1.54, 1.807) is 18.2 Å². The lowest BCUT2D eigenvalue weighted by Gasteiger charge is -2.04. The van der Waals surface area contributed by atoms with Crippen molar-refractivity contribution in [2.24, 2.45) is 0 Å². The molecule has 13 heavy (non-hydrogen) atoms. The number of rotatable bonds is 3. The first kappa shape index (κ1) is 8.19. The molecule has 0 spiro atoms. The van der Waals surface area contributed by atoms with Crippen molar-refractivity contribution in [3.63, 3.8) is 0 Å². The summed E-state index contributed by atoms with van der Waals surface area (Å²) in [6.07, 6.45) is 0. The Morgan fingerprint density at radius 1 is 1.31 bits per heavy atom. The molecule has 1 aliphatic heterocycles. The summed E-state index contributed by atoms with van der Waals surface area (Å²) in [5.41, 5.74) is 0. The first-order chi connectivity index (χ1) is 6.40. The zero-order valence-electron chi connectivity index (χ0n) is 7.03. The van der Waals surface area contributed by atoms with Crippen LogP contribution in [0.1, 0.15) is 0 Å². The monoisotopic (exact) mass is 182 g/mol. The van der Waals surface area contributed by atoms with Crippen LogP contribution < -0.4 is 14.2 Å². The molecule has 4 nitrogen and oxygen atoms in total.